The van der Waals surface area contributed by atoms with Gasteiger partial charge in [0.2, 0.25) is 0 Å². The van der Waals surface area contributed by atoms with Gasteiger partial charge in [-0.15, -0.1) is 0 Å². The molecular formula is C20H30FN3O3. The van der Waals surface area contributed by atoms with Crippen LogP contribution in [-0.2, 0) is 9.53 Å². The molecule has 1 aromatic rings. The van der Waals surface area contributed by atoms with Crippen LogP contribution in [-0.4, -0.2) is 61.1 Å². The highest BCUT2D eigenvalue weighted by atomic mass is 19.1. The van der Waals surface area contributed by atoms with Crippen LogP contribution in [0.5, 0.6) is 0 Å². The molecular weight excluding hydrogens is 349 g/mol. The van der Waals surface area contributed by atoms with E-state index < -0.39 is 0 Å². The second kappa shape index (κ2) is 10.9. The minimum atomic E-state index is -0.352. The van der Waals surface area contributed by atoms with Crippen molar-refractivity contribution in [2.24, 2.45) is 0 Å². The van der Waals surface area contributed by atoms with Crippen molar-refractivity contribution in [3.63, 3.8) is 0 Å². The van der Waals surface area contributed by atoms with E-state index in [-0.39, 0.29) is 23.9 Å². The molecule has 0 bridgehead atoms. The van der Waals surface area contributed by atoms with E-state index in [9.17, 15) is 14.0 Å². The second-order valence-corrected chi connectivity index (χ2v) is 6.69. The number of benzene rings is 1. The number of halogens is 1. The third-order valence-corrected chi connectivity index (χ3v) is 4.73. The van der Waals surface area contributed by atoms with E-state index in [1.807, 2.05) is 11.8 Å². The molecule has 1 aliphatic heterocycles. The molecule has 2 amide bonds. The normalized spacial score (nSPS) is 16.0. The highest BCUT2D eigenvalue weighted by Gasteiger charge is 2.21. The first kappa shape index (κ1) is 21.2. The number of rotatable bonds is 8. The van der Waals surface area contributed by atoms with Gasteiger partial charge < -0.3 is 15.0 Å². The van der Waals surface area contributed by atoms with Gasteiger partial charge in [-0.05, 0) is 44.0 Å². The fraction of sp³-hybridized carbons (Fsp3) is 0.600. The van der Waals surface area contributed by atoms with Gasteiger partial charge in [0.25, 0.3) is 0 Å². The topological polar surface area (TPSA) is 61.9 Å². The molecule has 6 nitrogen and oxygen atoms in total. The zero-order chi connectivity index (χ0) is 19.6. The average Bonchev–Trinajstić information content (AvgIpc) is 2.68. The van der Waals surface area contributed by atoms with Crippen molar-refractivity contribution >= 4 is 12.0 Å². The Balaban J connectivity index is 1.80. The summed E-state index contributed by atoms with van der Waals surface area (Å²) in [6, 6.07) is 6.13. The molecule has 150 valence electrons. The predicted molar refractivity (Wildman–Crippen MR) is 102 cm³/mol. The number of hydrogen-bond donors (Lipinski definition) is 1. The summed E-state index contributed by atoms with van der Waals surface area (Å²) < 4.78 is 18.7. The zero-order valence-electron chi connectivity index (χ0n) is 16.2. The molecule has 7 heteroatoms. The minimum absolute atomic E-state index is 0.00000173. The summed E-state index contributed by atoms with van der Waals surface area (Å²) >= 11 is 0. The molecule has 0 radical (unpaired) electrons. The molecule has 27 heavy (non-hydrogen) atoms. The highest BCUT2D eigenvalue weighted by Crippen LogP contribution is 2.24. The smallest absolute Gasteiger partial charge is 0.317 e. The molecule has 1 heterocycles. The molecule has 1 saturated heterocycles. The van der Waals surface area contributed by atoms with Crippen molar-refractivity contribution in [1.82, 2.24) is 15.1 Å². The summed E-state index contributed by atoms with van der Waals surface area (Å²) in [5, 5.41) is 2.83. The van der Waals surface area contributed by atoms with Crippen molar-refractivity contribution in [1.29, 1.82) is 0 Å². The fourth-order valence-electron chi connectivity index (χ4n) is 3.15. The van der Waals surface area contributed by atoms with Gasteiger partial charge in [0, 0.05) is 39.1 Å². The quantitative estimate of drug-likeness (QED) is 0.706. The lowest BCUT2D eigenvalue weighted by Gasteiger charge is -2.34. The van der Waals surface area contributed by atoms with Crippen LogP contribution in [0.1, 0.15) is 44.8 Å². The summed E-state index contributed by atoms with van der Waals surface area (Å²) in [7, 11) is 0. The summed E-state index contributed by atoms with van der Waals surface area (Å²) in [4.78, 5) is 27.7. The Labute approximate surface area is 160 Å². The molecule has 0 aliphatic carbocycles. The molecule has 1 unspecified atom stereocenters. The van der Waals surface area contributed by atoms with Gasteiger partial charge in [0.1, 0.15) is 11.9 Å². The van der Waals surface area contributed by atoms with Gasteiger partial charge >= 0.3 is 12.0 Å². The molecule has 1 N–H and O–H groups in total. The summed E-state index contributed by atoms with van der Waals surface area (Å²) in [6.45, 7) is 8.32. The number of piperazine rings is 1. The first-order valence-corrected chi connectivity index (χ1v) is 9.73. The number of ether oxygens (including phenoxy) is 1. The Bertz CT molecular complexity index is 601. The minimum Gasteiger partial charge on any atom is -0.457 e. The van der Waals surface area contributed by atoms with Crippen LogP contribution in [0.25, 0.3) is 0 Å². The third kappa shape index (κ3) is 6.82. The van der Waals surface area contributed by atoms with Crippen LogP contribution in [0.4, 0.5) is 9.18 Å². The second-order valence-electron chi connectivity index (χ2n) is 6.69. The van der Waals surface area contributed by atoms with Gasteiger partial charge in [0.15, 0.2) is 0 Å². The van der Waals surface area contributed by atoms with E-state index in [2.05, 4.69) is 10.2 Å². The lowest BCUT2D eigenvalue weighted by molar-refractivity contribution is -0.149. The number of hydrogen-bond acceptors (Lipinski definition) is 4. The highest BCUT2D eigenvalue weighted by molar-refractivity contribution is 5.74. The number of nitrogens with one attached hydrogen (secondary N) is 1. The van der Waals surface area contributed by atoms with Gasteiger partial charge in [-0.1, -0.05) is 19.1 Å². The van der Waals surface area contributed by atoms with Crippen molar-refractivity contribution < 1.29 is 18.7 Å². The molecule has 0 saturated carbocycles. The van der Waals surface area contributed by atoms with Crippen molar-refractivity contribution in [2.75, 3.05) is 39.3 Å². The van der Waals surface area contributed by atoms with Crippen LogP contribution in [0.2, 0.25) is 0 Å². The van der Waals surface area contributed by atoms with Crippen molar-refractivity contribution in [3.8, 4) is 0 Å². The number of esters is 1. The number of nitrogens with zero attached hydrogens (tertiary/aromatic N) is 2. The standard InChI is InChI=1S/C20H30FN3O3/c1-3-19(25)27-18(16-7-9-17(21)10-8-16)6-5-11-23-12-14-24(15-13-23)20(26)22-4-2/h7-10,18H,3-6,11-15H2,1-2H3,(H,22,26). The summed E-state index contributed by atoms with van der Waals surface area (Å²) in [5.74, 6) is -0.552. The number of urea groups is 1. The van der Waals surface area contributed by atoms with E-state index in [4.69, 9.17) is 4.74 Å². The Kier molecular flexibility index (Phi) is 8.51. The lowest BCUT2D eigenvalue weighted by atomic mass is 10.0. The zero-order valence-corrected chi connectivity index (χ0v) is 16.2. The maximum Gasteiger partial charge on any atom is 0.317 e. The van der Waals surface area contributed by atoms with Crippen molar-refractivity contribution in [3.05, 3.63) is 35.6 Å². The van der Waals surface area contributed by atoms with Crippen LogP contribution < -0.4 is 5.32 Å². The number of amides is 2. The average molecular weight is 379 g/mol. The molecule has 2 rings (SSSR count). The van der Waals surface area contributed by atoms with Crippen LogP contribution >= 0.6 is 0 Å². The lowest BCUT2D eigenvalue weighted by Crippen LogP contribution is -2.51. The largest absolute Gasteiger partial charge is 0.457 e. The molecule has 1 fully saturated rings. The molecule has 1 atom stereocenters. The Hall–Kier alpha value is -2.15. The molecule has 0 spiro atoms. The van der Waals surface area contributed by atoms with Crippen LogP contribution in [0.3, 0.4) is 0 Å². The predicted octanol–water partition coefficient (Wildman–Crippen LogP) is 2.95. The van der Waals surface area contributed by atoms with Crippen molar-refractivity contribution in [2.45, 2.75) is 39.2 Å². The first-order valence-electron chi connectivity index (χ1n) is 9.73. The Morgan fingerprint density at radius 1 is 1.15 bits per heavy atom. The SMILES string of the molecule is CCNC(=O)N1CCN(CCCC(OC(=O)CC)c2ccc(F)cc2)CC1. The van der Waals surface area contributed by atoms with Gasteiger partial charge in [-0.3, -0.25) is 9.69 Å². The third-order valence-electron chi connectivity index (χ3n) is 4.73. The monoisotopic (exact) mass is 379 g/mol. The van der Waals surface area contributed by atoms with Gasteiger partial charge in [0.05, 0.1) is 0 Å². The fourth-order valence-corrected chi connectivity index (χ4v) is 3.15. The summed E-state index contributed by atoms with van der Waals surface area (Å²) in [5.41, 5.74) is 0.819. The summed E-state index contributed by atoms with van der Waals surface area (Å²) in [6.07, 6.45) is 1.52. The number of carbonyl (C=O) groups is 2. The Morgan fingerprint density at radius 2 is 1.81 bits per heavy atom. The number of carbonyl (C=O) groups excluding carboxylic acids is 2. The van der Waals surface area contributed by atoms with E-state index in [0.717, 1.165) is 44.7 Å². The van der Waals surface area contributed by atoms with E-state index in [1.54, 1.807) is 19.1 Å². The van der Waals surface area contributed by atoms with E-state index in [0.29, 0.717) is 19.4 Å². The van der Waals surface area contributed by atoms with E-state index >= 15 is 0 Å². The van der Waals surface area contributed by atoms with Gasteiger partial charge in [-0.25, -0.2) is 9.18 Å². The van der Waals surface area contributed by atoms with Crippen LogP contribution in [0, 0.1) is 5.82 Å². The molecule has 1 aliphatic rings. The van der Waals surface area contributed by atoms with Crippen LogP contribution in [0.15, 0.2) is 24.3 Å². The molecule has 1 aromatic carbocycles. The maximum absolute atomic E-state index is 13.2. The maximum atomic E-state index is 13.2. The first-order chi connectivity index (χ1) is 13.0. The van der Waals surface area contributed by atoms with Gasteiger partial charge in [-0.2, -0.15) is 0 Å². The van der Waals surface area contributed by atoms with E-state index in [1.165, 1.54) is 12.1 Å². The Morgan fingerprint density at radius 3 is 2.41 bits per heavy atom. The molecule has 0 aromatic heterocycles.